The molecule has 0 aliphatic carbocycles. The fraction of sp³-hybridized carbons (Fsp3) is 0.273. The molecule has 0 spiro atoms. The van der Waals surface area contributed by atoms with Crippen LogP contribution in [0.5, 0.6) is 0 Å². The van der Waals surface area contributed by atoms with E-state index < -0.39 is 18.1 Å². The summed E-state index contributed by atoms with van der Waals surface area (Å²) in [6.07, 6.45) is -0.234. The normalized spacial score (nSPS) is 12.4. The van der Waals surface area contributed by atoms with Crippen molar-refractivity contribution in [3.63, 3.8) is 0 Å². The van der Waals surface area contributed by atoms with Crippen molar-refractivity contribution in [2.75, 3.05) is 6.54 Å². The van der Waals surface area contributed by atoms with Gasteiger partial charge in [0.15, 0.2) is 5.78 Å². The average molecular weight is 364 g/mol. The van der Waals surface area contributed by atoms with Gasteiger partial charge in [0.2, 0.25) is 0 Å². The molecule has 0 saturated heterocycles. The monoisotopic (exact) mass is 364 g/mol. The fourth-order valence-electron chi connectivity index (χ4n) is 2.50. The second-order valence-corrected chi connectivity index (χ2v) is 6.24. The number of aliphatic hydroxyl groups excluding tert-OH is 1. The van der Waals surface area contributed by atoms with E-state index in [9.17, 15) is 14.7 Å². The van der Waals surface area contributed by atoms with Crippen LogP contribution < -0.4 is 11.1 Å². The van der Waals surface area contributed by atoms with Crippen molar-refractivity contribution in [3.8, 4) is 11.8 Å². The van der Waals surface area contributed by atoms with Crippen molar-refractivity contribution < 1.29 is 14.7 Å². The summed E-state index contributed by atoms with van der Waals surface area (Å²) in [5.74, 6) is 5.45. The standard InChI is InChI=1S/C22H24N2O3/c1-16(25)21(20(26)8-5-15-23)24-22(27)19-13-11-18(12-14-19)10-9-17-6-3-2-4-7-17/h2-4,6-7,11-14,16,21,25H,5,8,15,23H2,1H3,(H,24,27)/t16-,21+/m1/s1. The van der Waals surface area contributed by atoms with Crippen LogP contribution >= 0.6 is 0 Å². The topological polar surface area (TPSA) is 92.4 Å². The van der Waals surface area contributed by atoms with Crippen LogP contribution in [-0.4, -0.2) is 35.5 Å². The van der Waals surface area contributed by atoms with Crippen molar-refractivity contribution in [2.45, 2.75) is 31.9 Å². The summed E-state index contributed by atoms with van der Waals surface area (Å²) in [4.78, 5) is 24.5. The molecule has 1 amide bonds. The first-order valence-corrected chi connectivity index (χ1v) is 8.90. The van der Waals surface area contributed by atoms with Crippen molar-refractivity contribution >= 4 is 11.7 Å². The molecule has 0 saturated carbocycles. The van der Waals surface area contributed by atoms with Gasteiger partial charge in [0, 0.05) is 23.1 Å². The lowest BCUT2D eigenvalue weighted by molar-refractivity contribution is -0.123. The van der Waals surface area contributed by atoms with Gasteiger partial charge in [-0.15, -0.1) is 0 Å². The van der Waals surface area contributed by atoms with Crippen LogP contribution in [0.15, 0.2) is 54.6 Å². The highest BCUT2D eigenvalue weighted by Crippen LogP contribution is 2.07. The third-order valence-electron chi connectivity index (χ3n) is 4.02. The molecule has 27 heavy (non-hydrogen) atoms. The van der Waals surface area contributed by atoms with Crippen LogP contribution in [-0.2, 0) is 4.79 Å². The Morgan fingerprint density at radius 2 is 1.63 bits per heavy atom. The van der Waals surface area contributed by atoms with Gasteiger partial charge >= 0.3 is 0 Å². The molecule has 5 nitrogen and oxygen atoms in total. The molecule has 0 fully saturated rings. The smallest absolute Gasteiger partial charge is 0.251 e. The molecule has 0 radical (unpaired) electrons. The Morgan fingerprint density at radius 3 is 2.19 bits per heavy atom. The zero-order chi connectivity index (χ0) is 19.6. The Bertz CT molecular complexity index is 818. The van der Waals surface area contributed by atoms with E-state index in [1.54, 1.807) is 24.3 Å². The first kappa shape index (κ1) is 20.4. The summed E-state index contributed by atoms with van der Waals surface area (Å²) >= 11 is 0. The van der Waals surface area contributed by atoms with Gasteiger partial charge in [-0.3, -0.25) is 9.59 Å². The fourth-order valence-corrected chi connectivity index (χ4v) is 2.50. The molecule has 0 heterocycles. The molecule has 5 heteroatoms. The third-order valence-corrected chi connectivity index (χ3v) is 4.02. The number of aliphatic hydroxyl groups is 1. The Morgan fingerprint density at radius 1 is 1.04 bits per heavy atom. The van der Waals surface area contributed by atoms with Crippen LogP contribution in [0.3, 0.4) is 0 Å². The summed E-state index contributed by atoms with van der Waals surface area (Å²) in [5, 5.41) is 12.4. The summed E-state index contributed by atoms with van der Waals surface area (Å²) in [7, 11) is 0. The predicted octanol–water partition coefficient (Wildman–Crippen LogP) is 1.87. The maximum absolute atomic E-state index is 12.4. The average Bonchev–Trinajstić information content (AvgIpc) is 2.69. The van der Waals surface area contributed by atoms with Gasteiger partial charge in [0.25, 0.3) is 5.91 Å². The number of amides is 1. The number of ketones is 1. The number of nitrogens with one attached hydrogen (secondary N) is 1. The van der Waals surface area contributed by atoms with E-state index in [1.165, 1.54) is 6.92 Å². The highest BCUT2D eigenvalue weighted by molar-refractivity contribution is 5.98. The number of carbonyl (C=O) groups is 2. The third kappa shape index (κ3) is 6.37. The summed E-state index contributed by atoms with van der Waals surface area (Å²) in [6.45, 7) is 1.87. The number of Topliss-reactive ketones (excluding diaryl/α,β-unsaturated/α-hetero) is 1. The number of nitrogens with two attached hydrogens (primary N) is 1. The molecule has 2 rings (SSSR count). The molecule has 0 aromatic heterocycles. The second kappa shape index (κ2) is 10.3. The molecular formula is C22H24N2O3. The largest absolute Gasteiger partial charge is 0.391 e. The Hall–Kier alpha value is -2.94. The van der Waals surface area contributed by atoms with E-state index in [4.69, 9.17) is 5.73 Å². The lowest BCUT2D eigenvalue weighted by Crippen LogP contribution is -2.47. The minimum Gasteiger partial charge on any atom is -0.391 e. The van der Waals surface area contributed by atoms with Gasteiger partial charge in [-0.05, 0) is 56.3 Å². The molecule has 140 valence electrons. The molecule has 4 N–H and O–H groups in total. The van der Waals surface area contributed by atoms with Crippen molar-refractivity contribution in [2.24, 2.45) is 5.73 Å². The first-order valence-electron chi connectivity index (χ1n) is 8.90. The number of carbonyl (C=O) groups excluding carboxylic acids is 2. The Balaban J connectivity index is 2.04. The van der Waals surface area contributed by atoms with Gasteiger partial charge in [0.05, 0.1) is 6.10 Å². The molecule has 2 aromatic carbocycles. The SMILES string of the molecule is C[C@@H](O)[C@H](NC(=O)c1ccc(C#Cc2ccccc2)cc1)C(=O)CCCN. The predicted molar refractivity (Wildman–Crippen MR) is 105 cm³/mol. The summed E-state index contributed by atoms with van der Waals surface area (Å²) in [5.41, 5.74) is 7.50. The molecule has 0 bridgehead atoms. The molecule has 0 aliphatic rings. The van der Waals surface area contributed by atoms with Gasteiger partial charge in [0.1, 0.15) is 6.04 Å². The van der Waals surface area contributed by atoms with Crippen LogP contribution in [0.1, 0.15) is 41.3 Å². The molecule has 0 aliphatic heterocycles. The minimum atomic E-state index is -0.977. The van der Waals surface area contributed by atoms with Crippen molar-refractivity contribution in [1.82, 2.24) is 5.32 Å². The second-order valence-electron chi connectivity index (χ2n) is 6.24. The van der Waals surface area contributed by atoms with E-state index in [1.807, 2.05) is 30.3 Å². The van der Waals surface area contributed by atoms with E-state index in [0.717, 1.165) is 11.1 Å². The first-order chi connectivity index (χ1) is 13.0. The molecular weight excluding hydrogens is 340 g/mol. The number of benzene rings is 2. The van der Waals surface area contributed by atoms with Crippen LogP contribution in [0, 0.1) is 11.8 Å². The van der Waals surface area contributed by atoms with Crippen molar-refractivity contribution in [3.05, 3.63) is 71.3 Å². The van der Waals surface area contributed by atoms with Gasteiger partial charge in [-0.1, -0.05) is 30.0 Å². The van der Waals surface area contributed by atoms with E-state index in [-0.39, 0.29) is 12.2 Å². The van der Waals surface area contributed by atoms with E-state index in [0.29, 0.717) is 18.5 Å². The maximum Gasteiger partial charge on any atom is 0.251 e. The number of hydrogen-bond acceptors (Lipinski definition) is 4. The summed E-state index contributed by atoms with van der Waals surface area (Å²) in [6, 6.07) is 15.5. The summed E-state index contributed by atoms with van der Waals surface area (Å²) < 4.78 is 0. The van der Waals surface area contributed by atoms with E-state index >= 15 is 0 Å². The zero-order valence-corrected chi connectivity index (χ0v) is 15.3. The highest BCUT2D eigenvalue weighted by atomic mass is 16.3. The number of rotatable bonds is 7. The van der Waals surface area contributed by atoms with Crippen LogP contribution in [0.25, 0.3) is 0 Å². The van der Waals surface area contributed by atoms with Crippen molar-refractivity contribution in [1.29, 1.82) is 0 Å². The van der Waals surface area contributed by atoms with Gasteiger partial charge < -0.3 is 16.2 Å². The Labute approximate surface area is 159 Å². The molecule has 2 atom stereocenters. The minimum absolute atomic E-state index is 0.223. The molecule has 2 aromatic rings. The lowest BCUT2D eigenvalue weighted by atomic mass is 10.0. The Kier molecular flexibility index (Phi) is 7.75. The van der Waals surface area contributed by atoms with Gasteiger partial charge in [-0.25, -0.2) is 0 Å². The van der Waals surface area contributed by atoms with E-state index in [2.05, 4.69) is 17.2 Å². The zero-order valence-electron chi connectivity index (χ0n) is 15.3. The maximum atomic E-state index is 12.4. The lowest BCUT2D eigenvalue weighted by Gasteiger charge is -2.20. The highest BCUT2D eigenvalue weighted by Gasteiger charge is 2.25. The number of hydrogen-bond donors (Lipinski definition) is 3. The molecule has 0 unspecified atom stereocenters. The van der Waals surface area contributed by atoms with Gasteiger partial charge in [-0.2, -0.15) is 0 Å². The van der Waals surface area contributed by atoms with Crippen LogP contribution in [0.4, 0.5) is 0 Å². The van der Waals surface area contributed by atoms with Crippen LogP contribution in [0.2, 0.25) is 0 Å². The quantitative estimate of drug-likeness (QED) is 0.654.